The Balaban J connectivity index is 2.42. The van der Waals surface area contributed by atoms with Crippen LogP contribution in [-0.2, 0) is 14.2 Å². The van der Waals surface area contributed by atoms with Gasteiger partial charge in [-0.15, -0.1) is 0 Å². The molecule has 94 valence electrons. The Labute approximate surface area is 103 Å². The Morgan fingerprint density at radius 3 is 2.18 bits per heavy atom. The Morgan fingerprint density at radius 1 is 1.24 bits per heavy atom. The highest BCUT2D eigenvalue weighted by atomic mass is 16.6. The topological polar surface area (TPSA) is 55.8 Å². The average Bonchev–Trinajstić information content (AvgIpc) is 2.26. The van der Waals surface area contributed by atoms with Crippen LogP contribution in [-0.4, -0.2) is 43.7 Å². The summed E-state index contributed by atoms with van der Waals surface area (Å²) in [5.74, 6) is -0.618. The van der Waals surface area contributed by atoms with Gasteiger partial charge in [0.1, 0.15) is 5.60 Å². The van der Waals surface area contributed by atoms with Crippen LogP contribution < -0.4 is 0 Å². The van der Waals surface area contributed by atoms with E-state index in [1.807, 2.05) is 20.8 Å². The molecule has 0 unspecified atom stereocenters. The van der Waals surface area contributed by atoms with Gasteiger partial charge in [-0.3, -0.25) is 4.79 Å². The Kier molecular flexibility index (Phi) is 4.43. The third kappa shape index (κ3) is 4.28. The minimum Gasteiger partial charge on any atom is -0.543 e. The summed E-state index contributed by atoms with van der Waals surface area (Å²) in [5.41, 5.74) is -0.496. The molecule has 1 heterocycles. The molecule has 0 aromatic rings. The van der Waals surface area contributed by atoms with Crippen LogP contribution in [0.3, 0.4) is 0 Å². The first-order chi connectivity index (χ1) is 7.83. The third-order valence-corrected chi connectivity index (χ3v) is 2.60. The van der Waals surface area contributed by atoms with Gasteiger partial charge in [-0.25, -0.2) is 4.79 Å². The number of likely N-dealkylation sites (tertiary alicyclic amines) is 1. The summed E-state index contributed by atoms with van der Waals surface area (Å²) in [7, 11) is 4.83. The molecule has 6 heteroatoms. The molecule has 1 amide bonds. The van der Waals surface area contributed by atoms with Gasteiger partial charge >= 0.3 is 14.1 Å². The Morgan fingerprint density at radius 2 is 1.76 bits per heavy atom. The summed E-state index contributed by atoms with van der Waals surface area (Å²) >= 11 is 0. The molecule has 1 aliphatic heterocycles. The molecule has 1 rings (SSSR count). The largest absolute Gasteiger partial charge is 0.543 e. The van der Waals surface area contributed by atoms with E-state index in [1.54, 1.807) is 4.90 Å². The van der Waals surface area contributed by atoms with E-state index in [0.29, 0.717) is 25.9 Å². The van der Waals surface area contributed by atoms with Crippen LogP contribution in [0, 0.1) is 5.92 Å². The van der Waals surface area contributed by atoms with Gasteiger partial charge in [0.25, 0.3) is 5.97 Å². The van der Waals surface area contributed by atoms with Crippen LogP contribution >= 0.6 is 0 Å². The van der Waals surface area contributed by atoms with E-state index in [9.17, 15) is 9.59 Å². The third-order valence-electron chi connectivity index (χ3n) is 2.60. The zero-order valence-corrected chi connectivity index (χ0v) is 10.6. The first-order valence-corrected chi connectivity index (χ1v) is 5.72. The van der Waals surface area contributed by atoms with Gasteiger partial charge in [0.15, 0.2) is 0 Å². The monoisotopic (exact) mass is 239 g/mol. The predicted octanol–water partition coefficient (Wildman–Crippen LogP) is 1.26. The lowest BCUT2D eigenvalue weighted by Crippen LogP contribution is -2.43. The van der Waals surface area contributed by atoms with Crippen molar-refractivity contribution in [1.82, 2.24) is 4.90 Å². The van der Waals surface area contributed by atoms with Crippen molar-refractivity contribution >= 4 is 20.1 Å². The van der Waals surface area contributed by atoms with Gasteiger partial charge in [-0.1, -0.05) is 0 Å². The summed E-state index contributed by atoms with van der Waals surface area (Å²) in [5, 5.41) is 0. The number of carbonyl (C=O) groups excluding carboxylic acids is 2. The molecule has 0 saturated carbocycles. The first-order valence-electron chi connectivity index (χ1n) is 5.72. The number of carbonyl (C=O) groups is 2. The number of rotatable bonds is 1. The van der Waals surface area contributed by atoms with E-state index in [2.05, 4.69) is 4.65 Å². The zero-order chi connectivity index (χ0) is 13.1. The number of hydrogen-bond acceptors (Lipinski definition) is 4. The first kappa shape index (κ1) is 13.9. The van der Waals surface area contributed by atoms with E-state index in [1.165, 1.54) is 0 Å². The highest BCUT2D eigenvalue weighted by molar-refractivity contribution is 6.05. The summed E-state index contributed by atoms with van der Waals surface area (Å²) < 4.78 is 9.44. The molecule has 1 aliphatic rings. The van der Waals surface area contributed by atoms with Gasteiger partial charge in [0.05, 0.1) is 5.92 Å². The summed E-state index contributed by atoms with van der Waals surface area (Å²) in [4.78, 5) is 24.5. The van der Waals surface area contributed by atoms with Crippen molar-refractivity contribution in [3.05, 3.63) is 0 Å². The Bertz CT molecular complexity index is 292. The quantitative estimate of drug-likeness (QED) is 0.646. The second-order valence-electron chi connectivity index (χ2n) is 5.18. The maximum atomic E-state index is 11.7. The van der Waals surface area contributed by atoms with E-state index >= 15 is 0 Å². The number of nitrogens with zero attached hydrogens (tertiary/aromatic N) is 1. The SMILES string of the molecule is [B]OC(=O)C1CCN(C(=O)OC(C)(C)C)CC1. The maximum Gasteiger partial charge on any atom is 0.410 e. The van der Waals surface area contributed by atoms with Crippen LogP contribution in [0.1, 0.15) is 33.6 Å². The van der Waals surface area contributed by atoms with Crippen molar-refractivity contribution in [2.45, 2.75) is 39.2 Å². The van der Waals surface area contributed by atoms with Crippen molar-refractivity contribution in [2.75, 3.05) is 13.1 Å². The molecular weight excluding hydrogens is 221 g/mol. The molecule has 0 aromatic heterocycles. The lowest BCUT2D eigenvalue weighted by molar-refractivity contribution is -0.140. The predicted molar refractivity (Wildman–Crippen MR) is 62.4 cm³/mol. The number of ether oxygens (including phenoxy) is 1. The van der Waals surface area contributed by atoms with Gasteiger partial charge in [-0.05, 0) is 33.6 Å². The molecule has 5 nitrogen and oxygen atoms in total. The number of piperidine rings is 1. The standard InChI is InChI=1S/C11H18BNO4/c1-11(2,3)16-10(15)13-6-4-8(5-7-13)9(14)17-12/h8H,4-7H2,1-3H3. The second kappa shape index (κ2) is 5.43. The lowest BCUT2D eigenvalue weighted by Gasteiger charge is -2.32. The van der Waals surface area contributed by atoms with E-state index in [-0.39, 0.29) is 12.0 Å². The van der Waals surface area contributed by atoms with Crippen molar-refractivity contribution < 1.29 is 19.0 Å². The van der Waals surface area contributed by atoms with Crippen molar-refractivity contribution in [1.29, 1.82) is 0 Å². The highest BCUT2D eigenvalue weighted by Gasteiger charge is 2.29. The van der Waals surface area contributed by atoms with Gasteiger partial charge < -0.3 is 14.3 Å². The molecule has 0 N–H and O–H groups in total. The van der Waals surface area contributed by atoms with Crippen LogP contribution in [0.4, 0.5) is 4.79 Å². The molecule has 2 radical (unpaired) electrons. The van der Waals surface area contributed by atoms with Crippen molar-refractivity contribution in [2.24, 2.45) is 5.92 Å². The van der Waals surface area contributed by atoms with Crippen LogP contribution in [0.5, 0.6) is 0 Å². The normalized spacial score (nSPS) is 17.7. The fraction of sp³-hybridized carbons (Fsp3) is 0.818. The molecule has 0 aliphatic carbocycles. The summed E-state index contributed by atoms with van der Waals surface area (Å²) in [6, 6.07) is 0. The smallest absolute Gasteiger partial charge is 0.410 e. The van der Waals surface area contributed by atoms with E-state index in [0.717, 1.165) is 0 Å². The molecule has 0 aromatic carbocycles. The molecule has 1 saturated heterocycles. The number of hydrogen-bond donors (Lipinski definition) is 0. The van der Waals surface area contributed by atoms with Gasteiger partial charge in [-0.2, -0.15) is 0 Å². The zero-order valence-electron chi connectivity index (χ0n) is 10.6. The molecule has 0 spiro atoms. The van der Waals surface area contributed by atoms with Crippen LogP contribution in [0.25, 0.3) is 0 Å². The van der Waals surface area contributed by atoms with E-state index < -0.39 is 11.6 Å². The minimum atomic E-state index is -0.496. The van der Waals surface area contributed by atoms with Gasteiger partial charge in [0, 0.05) is 13.1 Å². The molecule has 0 bridgehead atoms. The van der Waals surface area contributed by atoms with Crippen molar-refractivity contribution in [3.63, 3.8) is 0 Å². The fourth-order valence-corrected chi connectivity index (χ4v) is 1.72. The maximum absolute atomic E-state index is 11.7. The van der Waals surface area contributed by atoms with Gasteiger partial charge in [0.2, 0.25) is 0 Å². The van der Waals surface area contributed by atoms with Crippen LogP contribution in [0.15, 0.2) is 0 Å². The summed E-state index contributed by atoms with van der Waals surface area (Å²) in [6.07, 6.45) is 0.793. The fourth-order valence-electron chi connectivity index (χ4n) is 1.72. The average molecular weight is 239 g/mol. The molecule has 1 fully saturated rings. The molecular formula is C11H18BNO4. The number of amides is 1. The Hall–Kier alpha value is -1.20. The second-order valence-corrected chi connectivity index (χ2v) is 5.18. The minimum absolute atomic E-state index is 0.210. The molecule has 17 heavy (non-hydrogen) atoms. The lowest BCUT2D eigenvalue weighted by atomic mass is 9.97. The highest BCUT2D eigenvalue weighted by Crippen LogP contribution is 2.20. The van der Waals surface area contributed by atoms with E-state index in [4.69, 9.17) is 12.8 Å². The van der Waals surface area contributed by atoms with Crippen molar-refractivity contribution in [3.8, 4) is 0 Å². The van der Waals surface area contributed by atoms with Crippen LogP contribution in [0.2, 0.25) is 0 Å². The molecule has 0 atom stereocenters. The summed E-state index contributed by atoms with van der Waals surface area (Å²) in [6.45, 7) is 6.46.